The Morgan fingerprint density at radius 2 is 2.14 bits per heavy atom. The van der Waals surface area contributed by atoms with Gasteiger partial charge in [0.15, 0.2) is 0 Å². The number of nitrogens with two attached hydrogens (primary N) is 1. The van der Waals surface area contributed by atoms with Crippen molar-refractivity contribution in [3.8, 4) is 0 Å². The molecule has 3 rings (SSSR count). The number of anilines is 2. The van der Waals surface area contributed by atoms with Crippen molar-refractivity contribution in [2.75, 3.05) is 36.5 Å². The number of methoxy groups -OCH3 is 1. The number of carbonyl (C=O) groups excluding carboxylic acids is 1. The molecule has 1 amide bonds. The molecule has 114 valence electrons. The van der Waals surface area contributed by atoms with Crippen LogP contribution in [0.15, 0.2) is 12.4 Å². The summed E-state index contributed by atoms with van der Waals surface area (Å²) in [4.78, 5) is 24.2. The standard InChI is InChI=1S/C14H21N5O2/c1-14(21-2)7-18(8-14)11-6-12(17-9-16-11)19-5-3-4-10(19)13(15)20/h6,9-10H,3-5,7-8H2,1-2H3,(H2,15,20)/t10-/m0/s1. The topological polar surface area (TPSA) is 84.6 Å². The molecular weight excluding hydrogens is 270 g/mol. The Morgan fingerprint density at radius 1 is 1.43 bits per heavy atom. The Kier molecular flexibility index (Phi) is 3.44. The number of hydrogen-bond acceptors (Lipinski definition) is 6. The molecule has 0 unspecified atom stereocenters. The Hall–Kier alpha value is -1.89. The summed E-state index contributed by atoms with van der Waals surface area (Å²) < 4.78 is 5.45. The highest BCUT2D eigenvalue weighted by Gasteiger charge is 2.40. The van der Waals surface area contributed by atoms with Gasteiger partial charge in [-0.05, 0) is 19.8 Å². The van der Waals surface area contributed by atoms with E-state index in [0.29, 0.717) is 0 Å². The molecular formula is C14H21N5O2. The summed E-state index contributed by atoms with van der Waals surface area (Å²) in [7, 11) is 1.73. The summed E-state index contributed by atoms with van der Waals surface area (Å²) in [5.41, 5.74) is 5.36. The molecule has 2 saturated heterocycles. The number of amides is 1. The summed E-state index contributed by atoms with van der Waals surface area (Å²) >= 11 is 0. The quantitative estimate of drug-likeness (QED) is 0.850. The minimum atomic E-state index is -0.288. The highest BCUT2D eigenvalue weighted by atomic mass is 16.5. The van der Waals surface area contributed by atoms with Gasteiger partial charge < -0.3 is 20.3 Å². The van der Waals surface area contributed by atoms with Gasteiger partial charge in [-0.1, -0.05) is 0 Å². The SMILES string of the molecule is COC1(C)CN(c2cc(N3CCC[C@H]3C(N)=O)ncn2)C1. The van der Waals surface area contributed by atoms with Crippen molar-refractivity contribution in [3.63, 3.8) is 0 Å². The Bertz CT molecular complexity index is 544. The second-order valence-electron chi connectivity index (χ2n) is 6.00. The molecule has 2 aliphatic rings. The fourth-order valence-corrected chi connectivity index (χ4v) is 3.06. The van der Waals surface area contributed by atoms with Crippen molar-refractivity contribution in [2.24, 2.45) is 5.73 Å². The molecule has 1 atom stereocenters. The molecule has 21 heavy (non-hydrogen) atoms. The minimum absolute atomic E-state index is 0.103. The van der Waals surface area contributed by atoms with Crippen LogP contribution in [-0.4, -0.2) is 54.3 Å². The van der Waals surface area contributed by atoms with Gasteiger partial charge in [-0.3, -0.25) is 4.79 Å². The van der Waals surface area contributed by atoms with E-state index in [4.69, 9.17) is 10.5 Å². The minimum Gasteiger partial charge on any atom is -0.375 e. The number of hydrogen-bond donors (Lipinski definition) is 1. The van der Waals surface area contributed by atoms with Crippen LogP contribution in [0.25, 0.3) is 0 Å². The Morgan fingerprint density at radius 3 is 2.81 bits per heavy atom. The smallest absolute Gasteiger partial charge is 0.240 e. The molecule has 3 heterocycles. The molecule has 0 aliphatic carbocycles. The molecule has 1 aromatic rings. The van der Waals surface area contributed by atoms with Crippen LogP contribution in [0.2, 0.25) is 0 Å². The lowest BCUT2D eigenvalue weighted by atomic mass is 9.96. The van der Waals surface area contributed by atoms with Crippen LogP contribution in [0.1, 0.15) is 19.8 Å². The Labute approximate surface area is 124 Å². The van der Waals surface area contributed by atoms with Gasteiger partial charge >= 0.3 is 0 Å². The van der Waals surface area contributed by atoms with E-state index in [-0.39, 0.29) is 17.6 Å². The monoisotopic (exact) mass is 291 g/mol. The second kappa shape index (κ2) is 5.14. The van der Waals surface area contributed by atoms with Gasteiger partial charge in [0.2, 0.25) is 5.91 Å². The van der Waals surface area contributed by atoms with Crippen molar-refractivity contribution >= 4 is 17.5 Å². The maximum Gasteiger partial charge on any atom is 0.240 e. The molecule has 1 aromatic heterocycles. The molecule has 2 aliphatic heterocycles. The summed E-state index contributed by atoms with van der Waals surface area (Å²) in [6, 6.07) is 1.67. The molecule has 7 nitrogen and oxygen atoms in total. The third-order valence-corrected chi connectivity index (χ3v) is 4.38. The number of ether oxygens (including phenoxy) is 1. The average Bonchev–Trinajstić information content (AvgIpc) is 2.93. The first kappa shape index (κ1) is 14.1. The van der Waals surface area contributed by atoms with Crippen molar-refractivity contribution in [1.29, 1.82) is 0 Å². The first-order valence-electron chi connectivity index (χ1n) is 7.20. The average molecular weight is 291 g/mol. The lowest BCUT2D eigenvalue weighted by Crippen LogP contribution is -2.61. The zero-order valence-electron chi connectivity index (χ0n) is 12.5. The first-order valence-corrected chi connectivity index (χ1v) is 7.20. The van der Waals surface area contributed by atoms with E-state index in [0.717, 1.165) is 44.1 Å². The fourth-order valence-electron chi connectivity index (χ4n) is 3.06. The summed E-state index contributed by atoms with van der Waals surface area (Å²) in [6.45, 7) is 4.49. The summed E-state index contributed by atoms with van der Waals surface area (Å²) in [5, 5.41) is 0. The molecule has 2 fully saturated rings. The highest BCUT2D eigenvalue weighted by Crippen LogP contribution is 2.31. The van der Waals surface area contributed by atoms with Gasteiger partial charge in [-0.15, -0.1) is 0 Å². The van der Waals surface area contributed by atoms with Crippen molar-refractivity contribution in [2.45, 2.75) is 31.4 Å². The van der Waals surface area contributed by atoms with Crippen LogP contribution in [-0.2, 0) is 9.53 Å². The van der Waals surface area contributed by atoms with Crippen molar-refractivity contribution in [3.05, 3.63) is 12.4 Å². The number of rotatable bonds is 4. The lowest BCUT2D eigenvalue weighted by Gasteiger charge is -2.47. The van der Waals surface area contributed by atoms with Gasteiger partial charge in [0.05, 0.1) is 5.60 Å². The number of primary amides is 1. The zero-order valence-corrected chi connectivity index (χ0v) is 12.5. The van der Waals surface area contributed by atoms with Crippen LogP contribution in [0, 0.1) is 0 Å². The van der Waals surface area contributed by atoms with Gasteiger partial charge in [0.1, 0.15) is 24.0 Å². The van der Waals surface area contributed by atoms with Crippen LogP contribution >= 0.6 is 0 Å². The Balaban J connectivity index is 1.77. The summed E-state index contributed by atoms with van der Waals surface area (Å²) in [5.74, 6) is 1.35. The predicted molar refractivity (Wildman–Crippen MR) is 79.2 cm³/mol. The zero-order chi connectivity index (χ0) is 15.0. The van der Waals surface area contributed by atoms with E-state index in [9.17, 15) is 4.79 Å². The third kappa shape index (κ3) is 2.53. The molecule has 7 heteroatoms. The van der Waals surface area contributed by atoms with Gasteiger partial charge in [0.25, 0.3) is 0 Å². The third-order valence-electron chi connectivity index (χ3n) is 4.38. The van der Waals surface area contributed by atoms with E-state index in [1.165, 1.54) is 0 Å². The maximum atomic E-state index is 11.5. The van der Waals surface area contributed by atoms with E-state index in [1.54, 1.807) is 13.4 Å². The maximum absolute atomic E-state index is 11.5. The van der Waals surface area contributed by atoms with Gasteiger partial charge in [-0.25, -0.2) is 9.97 Å². The fraction of sp³-hybridized carbons (Fsp3) is 0.643. The van der Waals surface area contributed by atoms with Crippen LogP contribution in [0.4, 0.5) is 11.6 Å². The molecule has 0 spiro atoms. The molecule has 0 saturated carbocycles. The van der Waals surface area contributed by atoms with Gasteiger partial charge in [0, 0.05) is 32.8 Å². The van der Waals surface area contributed by atoms with Crippen molar-refractivity contribution in [1.82, 2.24) is 9.97 Å². The van der Waals surface area contributed by atoms with Crippen LogP contribution < -0.4 is 15.5 Å². The van der Waals surface area contributed by atoms with E-state index in [1.807, 2.05) is 11.0 Å². The predicted octanol–water partition coefficient (Wildman–Crippen LogP) is 0.156. The summed E-state index contributed by atoms with van der Waals surface area (Å²) in [6.07, 6.45) is 3.29. The number of aromatic nitrogens is 2. The highest BCUT2D eigenvalue weighted by molar-refractivity contribution is 5.84. The number of nitrogens with zero attached hydrogens (tertiary/aromatic N) is 4. The van der Waals surface area contributed by atoms with E-state index in [2.05, 4.69) is 21.8 Å². The molecule has 0 aromatic carbocycles. The molecule has 0 radical (unpaired) electrons. The van der Waals surface area contributed by atoms with Crippen LogP contribution in [0.5, 0.6) is 0 Å². The molecule has 2 N–H and O–H groups in total. The lowest BCUT2D eigenvalue weighted by molar-refractivity contribution is -0.119. The normalized spacial score (nSPS) is 24.0. The van der Waals surface area contributed by atoms with Crippen molar-refractivity contribution < 1.29 is 9.53 Å². The first-order chi connectivity index (χ1) is 10.0. The van der Waals surface area contributed by atoms with Crippen LogP contribution in [0.3, 0.4) is 0 Å². The van der Waals surface area contributed by atoms with Gasteiger partial charge in [-0.2, -0.15) is 0 Å². The number of carbonyl (C=O) groups is 1. The second-order valence-corrected chi connectivity index (χ2v) is 6.00. The van der Waals surface area contributed by atoms with E-state index >= 15 is 0 Å². The largest absolute Gasteiger partial charge is 0.375 e. The molecule has 0 bridgehead atoms. The van der Waals surface area contributed by atoms with E-state index < -0.39 is 0 Å².